The van der Waals surface area contributed by atoms with Gasteiger partial charge in [0, 0.05) is 18.9 Å². The molecule has 2 heterocycles. The normalized spacial score (nSPS) is 17.1. The molecular formula is C18H15FN4O4S. The van der Waals surface area contributed by atoms with Gasteiger partial charge in [0.05, 0.1) is 5.56 Å². The molecule has 1 aromatic heterocycles. The van der Waals surface area contributed by atoms with Crippen LogP contribution in [0.2, 0.25) is 0 Å². The maximum absolute atomic E-state index is 13.5. The van der Waals surface area contributed by atoms with Gasteiger partial charge in [-0.1, -0.05) is 5.92 Å². The number of hydrogen-bond acceptors (Lipinski definition) is 5. The highest BCUT2D eigenvalue weighted by molar-refractivity contribution is 7.89. The van der Waals surface area contributed by atoms with E-state index in [2.05, 4.69) is 21.9 Å². The lowest BCUT2D eigenvalue weighted by Gasteiger charge is -2.11. The molecule has 0 saturated heterocycles. The van der Waals surface area contributed by atoms with Crippen molar-refractivity contribution >= 4 is 21.6 Å². The summed E-state index contributed by atoms with van der Waals surface area (Å²) >= 11 is 0. The first-order valence-corrected chi connectivity index (χ1v) is 9.53. The number of rotatable bonds is 2. The van der Waals surface area contributed by atoms with Crippen molar-refractivity contribution in [2.24, 2.45) is 7.05 Å². The molecule has 1 aliphatic rings. The topological polar surface area (TPSA) is 113 Å². The number of aromatic nitrogens is 1. The van der Waals surface area contributed by atoms with Crippen molar-refractivity contribution in [2.75, 3.05) is 11.9 Å². The first kappa shape index (κ1) is 19.4. The molecule has 1 aromatic carbocycles. The first-order chi connectivity index (χ1) is 13.3. The second-order valence-corrected chi connectivity index (χ2v) is 7.60. The number of hydrogen-bond donors (Lipinski definition) is 2. The number of ether oxygens (including phenoxy) is 1. The van der Waals surface area contributed by atoms with Crippen LogP contribution in [0.25, 0.3) is 0 Å². The number of carbonyl (C=O) groups is 1. The lowest BCUT2D eigenvalue weighted by atomic mass is 10.2. The molecule has 144 valence electrons. The summed E-state index contributed by atoms with van der Waals surface area (Å²) in [5.41, 5.74) is -0.0805. The van der Waals surface area contributed by atoms with Gasteiger partial charge < -0.3 is 14.6 Å². The first-order valence-electron chi connectivity index (χ1n) is 8.04. The van der Waals surface area contributed by atoms with Crippen molar-refractivity contribution in [1.82, 2.24) is 9.29 Å². The van der Waals surface area contributed by atoms with Crippen molar-refractivity contribution in [2.45, 2.75) is 17.9 Å². The van der Waals surface area contributed by atoms with E-state index in [1.165, 1.54) is 29.9 Å². The standard InChI is InChI=1S/C18H15FN4O4S/c1-3-4-13-10-27-17-15(28(25,26)22-13)9-23(2)16(17)18(24)21-12-5-6-14(19)11(7-12)8-20/h5-7,9,13,22H,10H2,1-2H3,(H,21,24)/t13-/m0/s1. The fourth-order valence-electron chi connectivity index (χ4n) is 2.75. The van der Waals surface area contributed by atoms with E-state index in [-0.39, 0.29) is 34.2 Å². The van der Waals surface area contributed by atoms with E-state index < -0.39 is 27.8 Å². The molecule has 1 aliphatic heterocycles. The van der Waals surface area contributed by atoms with E-state index in [1.807, 2.05) is 0 Å². The molecular weight excluding hydrogens is 387 g/mol. The number of nitriles is 1. The number of carbonyl (C=O) groups excluding carboxylic acids is 1. The Hall–Kier alpha value is -3.34. The summed E-state index contributed by atoms with van der Waals surface area (Å²) in [6, 6.07) is 4.46. The smallest absolute Gasteiger partial charge is 0.276 e. The summed E-state index contributed by atoms with van der Waals surface area (Å²) in [6.07, 6.45) is 1.26. The molecule has 2 aromatic rings. The van der Waals surface area contributed by atoms with Crippen LogP contribution in [0.1, 0.15) is 23.0 Å². The Balaban J connectivity index is 1.98. The molecule has 2 N–H and O–H groups in total. The number of aryl methyl sites for hydroxylation is 1. The fraction of sp³-hybridized carbons (Fsp3) is 0.222. The van der Waals surface area contributed by atoms with Gasteiger partial charge >= 0.3 is 0 Å². The molecule has 3 rings (SSSR count). The summed E-state index contributed by atoms with van der Waals surface area (Å²) in [5, 5.41) is 11.4. The number of nitrogens with zero attached hydrogens (tertiary/aromatic N) is 2. The molecule has 0 aliphatic carbocycles. The molecule has 0 spiro atoms. The van der Waals surface area contributed by atoms with Gasteiger partial charge in [-0.15, -0.1) is 5.92 Å². The maximum Gasteiger partial charge on any atom is 0.276 e. The van der Waals surface area contributed by atoms with Crippen LogP contribution in [0.15, 0.2) is 29.3 Å². The zero-order chi connectivity index (χ0) is 20.5. The highest BCUT2D eigenvalue weighted by Gasteiger charge is 2.34. The Kier molecular flexibility index (Phi) is 5.10. The zero-order valence-corrected chi connectivity index (χ0v) is 15.7. The van der Waals surface area contributed by atoms with Crippen LogP contribution in [0.5, 0.6) is 5.75 Å². The molecule has 8 nitrogen and oxygen atoms in total. The summed E-state index contributed by atoms with van der Waals surface area (Å²) < 4.78 is 47.9. The number of amides is 1. The highest BCUT2D eigenvalue weighted by Crippen LogP contribution is 2.32. The largest absolute Gasteiger partial charge is 0.487 e. The Morgan fingerprint density at radius 3 is 2.89 bits per heavy atom. The summed E-state index contributed by atoms with van der Waals surface area (Å²) in [7, 11) is -2.45. The van der Waals surface area contributed by atoms with Crippen molar-refractivity contribution in [3.8, 4) is 23.7 Å². The van der Waals surface area contributed by atoms with Crippen molar-refractivity contribution in [1.29, 1.82) is 5.26 Å². The van der Waals surface area contributed by atoms with Crippen molar-refractivity contribution < 1.29 is 22.3 Å². The van der Waals surface area contributed by atoms with Gasteiger partial charge in [-0.05, 0) is 25.1 Å². The minimum Gasteiger partial charge on any atom is -0.487 e. The molecule has 1 atom stereocenters. The maximum atomic E-state index is 13.5. The number of benzene rings is 1. The van der Waals surface area contributed by atoms with Gasteiger partial charge in [0.2, 0.25) is 10.0 Å². The van der Waals surface area contributed by atoms with Gasteiger partial charge in [0.15, 0.2) is 11.4 Å². The summed E-state index contributed by atoms with van der Waals surface area (Å²) in [5.74, 6) is 3.82. The Morgan fingerprint density at radius 2 is 2.21 bits per heavy atom. The van der Waals surface area contributed by atoms with E-state index >= 15 is 0 Å². The van der Waals surface area contributed by atoms with Crippen LogP contribution in [0.3, 0.4) is 0 Å². The monoisotopic (exact) mass is 402 g/mol. The number of anilines is 1. The van der Waals surface area contributed by atoms with E-state index in [9.17, 15) is 17.6 Å². The lowest BCUT2D eigenvalue weighted by molar-refractivity contribution is 0.101. The molecule has 0 unspecified atom stereocenters. The Labute approximate surface area is 161 Å². The van der Waals surface area contributed by atoms with Gasteiger partial charge in [0.25, 0.3) is 5.91 Å². The molecule has 10 heteroatoms. The molecule has 1 amide bonds. The second-order valence-electron chi connectivity index (χ2n) is 5.92. The third-order valence-corrected chi connectivity index (χ3v) is 5.43. The quantitative estimate of drug-likeness (QED) is 0.737. The minimum atomic E-state index is -3.95. The fourth-order valence-corrected chi connectivity index (χ4v) is 4.07. The third kappa shape index (κ3) is 3.56. The summed E-state index contributed by atoms with van der Waals surface area (Å²) in [4.78, 5) is 12.6. The molecule has 28 heavy (non-hydrogen) atoms. The van der Waals surface area contributed by atoms with Gasteiger partial charge in [-0.2, -0.15) is 9.98 Å². The van der Waals surface area contributed by atoms with E-state index in [4.69, 9.17) is 10.00 Å². The molecule has 0 radical (unpaired) electrons. The SMILES string of the molecule is CC#C[C@H]1COc2c(cn(C)c2C(=O)Nc2ccc(F)c(C#N)c2)S(=O)(=O)N1. The van der Waals surface area contributed by atoms with Crippen LogP contribution in [-0.2, 0) is 17.1 Å². The number of fused-ring (bicyclic) bond motifs is 1. The van der Waals surface area contributed by atoms with E-state index in [1.54, 1.807) is 13.0 Å². The second kappa shape index (κ2) is 7.35. The average molecular weight is 402 g/mol. The van der Waals surface area contributed by atoms with Gasteiger partial charge in [-0.25, -0.2) is 12.8 Å². The molecule has 0 bridgehead atoms. The lowest BCUT2D eigenvalue weighted by Crippen LogP contribution is -2.35. The van der Waals surface area contributed by atoms with Crippen LogP contribution >= 0.6 is 0 Å². The average Bonchev–Trinajstić information content (AvgIpc) is 2.92. The Morgan fingerprint density at radius 1 is 1.46 bits per heavy atom. The van der Waals surface area contributed by atoms with Crippen LogP contribution in [0, 0.1) is 29.0 Å². The minimum absolute atomic E-state index is 0.0340. The van der Waals surface area contributed by atoms with Crippen molar-refractivity contribution in [3.63, 3.8) is 0 Å². The van der Waals surface area contributed by atoms with E-state index in [0.717, 1.165) is 6.07 Å². The van der Waals surface area contributed by atoms with Crippen LogP contribution < -0.4 is 14.8 Å². The van der Waals surface area contributed by atoms with Gasteiger partial charge in [0.1, 0.15) is 29.4 Å². The van der Waals surface area contributed by atoms with Crippen LogP contribution in [0.4, 0.5) is 10.1 Å². The van der Waals surface area contributed by atoms with Gasteiger partial charge in [-0.3, -0.25) is 4.79 Å². The van der Waals surface area contributed by atoms with Crippen molar-refractivity contribution in [3.05, 3.63) is 41.5 Å². The van der Waals surface area contributed by atoms with Crippen LogP contribution in [-0.4, -0.2) is 31.5 Å². The highest BCUT2D eigenvalue weighted by atomic mass is 32.2. The number of halogens is 1. The predicted molar refractivity (Wildman–Crippen MR) is 97.5 cm³/mol. The third-order valence-electron chi connectivity index (χ3n) is 3.96. The molecule has 0 fully saturated rings. The Bertz CT molecular complexity index is 1170. The number of nitrogens with one attached hydrogen (secondary N) is 2. The number of sulfonamides is 1. The predicted octanol–water partition coefficient (Wildman–Crippen LogP) is 1.35. The molecule has 0 saturated carbocycles. The van der Waals surface area contributed by atoms with E-state index in [0.29, 0.717) is 0 Å². The summed E-state index contributed by atoms with van der Waals surface area (Å²) in [6.45, 7) is 1.50. The zero-order valence-electron chi connectivity index (χ0n) is 14.9.